The standard InChI is InChI=1S/C26H25IO10/c1-9-20(30)25(35)19(27)26(36-9)37-15-7-10(14(29)8-28)6-13-16(15)24(34)18-17(23(13)33)21(31)11-4-2-3-5-12(11)22(18)32/h2-5,9-10,15,19-20,25-26,28,30,33-35H,6-8H2,1H3/t9-,10?,15-,19+,20-,25-,26-/m0/s1. The normalized spacial score (nSPS) is 30.9. The van der Waals surface area contributed by atoms with Crippen molar-refractivity contribution in [3.05, 3.63) is 57.6 Å². The van der Waals surface area contributed by atoms with Crippen molar-refractivity contribution in [2.45, 2.75) is 54.4 Å². The Morgan fingerprint density at radius 2 is 1.65 bits per heavy atom. The van der Waals surface area contributed by atoms with Crippen LogP contribution in [-0.2, 0) is 20.7 Å². The molecule has 0 saturated carbocycles. The van der Waals surface area contributed by atoms with Crippen molar-refractivity contribution in [2.24, 2.45) is 5.92 Å². The molecule has 37 heavy (non-hydrogen) atoms. The molecule has 0 spiro atoms. The Hall–Kier alpha value is -2.42. The van der Waals surface area contributed by atoms with E-state index in [4.69, 9.17) is 9.47 Å². The topological polar surface area (TPSA) is 171 Å². The number of phenols is 2. The number of benzene rings is 2. The Labute approximate surface area is 225 Å². The number of ether oxygens (including phenoxy) is 2. The third-order valence-corrected chi connectivity index (χ3v) is 8.73. The molecule has 196 valence electrons. The van der Waals surface area contributed by atoms with Crippen molar-refractivity contribution in [3.8, 4) is 11.5 Å². The van der Waals surface area contributed by atoms with Crippen LogP contribution in [0.2, 0.25) is 0 Å². The first-order valence-electron chi connectivity index (χ1n) is 11.8. The molecule has 0 radical (unpaired) electrons. The van der Waals surface area contributed by atoms with Crippen LogP contribution >= 0.6 is 22.6 Å². The Morgan fingerprint density at radius 3 is 2.24 bits per heavy atom. The number of aliphatic hydroxyl groups is 3. The van der Waals surface area contributed by atoms with Crippen LogP contribution in [0.25, 0.3) is 0 Å². The van der Waals surface area contributed by atoms with E-state index in [0.29, 0.717) is 0 Å². The van der Waals surface area contributed by atoms with E-state index >= 15 is 0 Å². The van der Waals surface area contributed by atoms with Crippen LogP contribution in [0, 0.1) is 5.92 Å². The van der Waals surface area contributed by atoms with Gasteiger partial charge in [0, 0.05) is 28.2 Å². The average molecular weight is 624 g/mol. The second-order valence-electron chi connectivity index (χ2n) is 9.56. The zero-order chi connectivity index (χ0) is 26.8. The van der Waals surface area contributed by atoms with Gasteiger partial charge in [0.15, 0.2) is 23.6 Å². The summed E-state index contributed by atoms with van der Waals surface area (Å²) in [6, 6.07) is 6.09. The van der Waals surface area contributed by atoms with Gasteiger partial charge in [-0.15, -0.1) is 0 Å². The molecule has 2 aliphatic carbocycles. The first-order valence-corrected chi connectivity index (χ1v) is 13.0. The number of alkyl halides is 1. The molecule has 3 aliphatic rings. The van der Waals surface area contributed by atoms with E-state index in [-0.39, 0.29) is 46.2 Å². The molecule has 11 heteroatoms. The molecule has 0 amide bonds. The van der Waals surface area contributed by atoms with Gasteiger partial charge in [-0.1, -0.05) is 46.9 Å². The van der Waals surface area contributed by atoms with Crippen LogP contribution in [0.4, 0.5) is 0 Å². The first kappa shape index (κ1) is 26.2. The quantitative estimate of drug-likeness (QED) is 0.162. The lowest BCUT2D eigenvalue weighted by Gasteiger charge is -2.42. The molecule has 0 aromatic heterocycles. The summed E-state index contributed by atoms with van der Waals surface area (Å²) < 4.78 is 11.2. The van der Waals surface area contributed by atoms with Crippen molar-refractivity contribution in [1.82, 2.24) is 0 Å². The molecular weight excluding hydrogens is 599 g/mol. The van der Waals surface area contributed by atoms with Gasteiger partial charge in [-0.2, -0.15) is 0 Å². The number of carbonyl (C=O) groups excluding carboxylic acids is 3. The molecule has 7 atom stereocenters. The third-order valence-electron chi connectivity index (χ3n) is 7.41. The summed E-state index contributed by atoms with van der Waals surface area (Å²) in [6.07, 6.45) is -5.42. The number of halogens is 1. The molecule has 2 aromatic carbocycles. The molecule has 1 aliphatic heterocycles. The number of aromatic hydroxyl groups is 2. The lowest BCUT2D eigenvalue weighted by Crippen LogP contribution is -2.55. The number of phenolic OH excluding ortho intramolecular Hbond substituents is 2. The molecule has 2 aromatic rings. The number of fused-ring (bicyclic) bond motifs is 3. The SMILES string of the molecule is C[C@@H]1O[C@@H](O[C@H]2CC(C(=O)CO)Cc3c(O)c4c(c(O)c32)C(=O)c2ccccc2C4=O)[C@H](I)[C@H](O)[C@H]1O. The highest BCUT2D eigenvalue weighted by atomic mass is 127. The number of aliphatic hydroxyl groups excluding tert-OH is 3. The largest absolute Gasteiger partial charge is 0.507 e. The number of rotatable bonds is 4. The highest BCUT2D eigenvalue weighted by molar-refractivity contribution is 14.1. The van der Waals surface area contributed by atoms with Crippen molar-refractivity contribution in [2.75, 3.05) is 6.61 Å². The average Bonchev–Trinajstić information content (AvgIpc) is 2.90. The Kier molecular flexibility index (Phi) is 6.88. The maximum atomic E-state index is 13.4. The predicted molar refractivity (Wildman–Crippen MR) is 135 cm³/mol. The van der Waals surface area contributed by atoms with Crippen LogP contribution in [0.5, 0.6) is 11.5 Å². The summed E-state index contributed by atoms with van der Waals surface area (Å²) in [7, 11) is 0. The van der Waals surface area contributed by atoms with Crippen molar-refractivity contribution >= 4 is 39.9 Å². The number of Topliss-reactive ketones (excluding diaryl/α,β-unsaturated/α-hetero) is 1. The lowest BCUT2D eigenvalue weighted by atomic mass is 9.74. The third kappa shape index (κ3) is 4.08. The monoisotopic (exact) mass is 624 g/mol. The van der Waals surface area contributed by atoms with E-state index in [9.17, 15) is 39.9 Å². The smallest absolute Gasteiger partial charge is 0.198 e. The molecule has 1 unspecified atom stereocenters. The summed E-state index contributed by atoms with van der Waals surface area (Å²) in [5.41, 5.74) is -0.409. The molecule has 10 nitrogen and oxygen atoms in total. The van der Waals surface area contributed by atoms with Crippen LogP contribution in [0.3, 0.4) is 0 Å². The molecule has 1 fully saturated rings. The second-order valence-corrected chi connectivity index (χ2v) is 11.0. The predicted octanol–water partition coefficient (Wildman–Crippen LogP) is 1.32. The van der Waals surface area contributed by atoms with Gasteiger partial charge in [0.05, 0.1) is 33.4 Å². The maximum absolute atomic E-state index is 13.4. The Bertz CT molecular complexity index is 1310. The molecular formula is C26H25IO10. The number of carbonyl (C=O) groups is 3. The minimum atomic E-state index is -1.19. The van der Waals surface area contributed by atoms with Crippen molar-refractivity contribution < 1.29 is 49.4 Å². The summed E-state index contributed by atoms with van der Waals surface area (Å²) in [6.45, 7) is 0.799. The van der Waals surface area contributed by atoms with E-state index in [1.54, 1.807) is 19.1 Å². The first-order chi connectivity index (χ1) is 17.6. The van der Waals surface area contributed by atoms with Gasteiger partial charge in [-0.3, -0.25) is 14.4 Å². The molecule has 5 N–H and O–H groups in total. The van der Waals surface area contributed by atoms with E-state index in [2.05, 4.69) is 0 Å². The summed E-state index contributed by atoms with van der Waals surface area (Å²) >= 11 is 1.87. The molecule has 1 heterocycles. The summed E-state index contributed by atoms with van der Waals surface area (Å²) in [5.74, 6) is -3.69. The summed E-state index contributed by atoms with van der Waals surface area (Å²) in [5, 5.41) is 52.7. The second kappa shape index (κ2) is 9.71. The number of ketones is 3. The van der Waals surface area contributed by atoms with Gasteiger partial charge in [0.25, 0.3) is 0 Å². The van der Waals surface area contributed by atoms with Gasteiger partial charge in [0.2, 0.25) is 0 Å². The number of hydrogen-bond acceptors (Lipinski definition) is 10. The van der Waals surface area contributed by atoms with Gasteiger partial charge in [0.1, 0.15) is 24.2 Å². The van der Waals surface area contributed by atoms with Gasteiger partial charge in [-0.05, 0) is 19.8 Å². The highest BCUT2D eigenvalue weighted by Gasteiger charge is 2.47. The molecule has 5 rings (SSSR count). The highest BCUT2D eigenvalue weighted by Crippen LogP contribution is 2.51. The minimum absolute atomic E-state index is 0.0207. The Morgan fingerprint density at radius 1 is 1.05 bits per heavy atom. The number of hydrogen-bond donors (Lipinski definition) is 5. The fourth-order valence-electron chi connectivity index (χ4n) is 5.40. The van der Waals surface area contributed by atoms with Crippen LogP contribution in [0.1, 0.15) is 62.4 Å². The maximum Gasteiger partial charge on any atom is 0.198 e. The Balaban J connectivity index is 1.65. The lowest BCUT2D eigenvalue weighted by molar-refractivity contribution is -0.255. The zero-order valence-electron chi connectivity index (χ0n) is 19.6. The zero-order valence-corrected chi connectivity index (χ0v) is 21.8. The van der Waals surface area contributed by atoms with Crippen LogP contribution < -0.4 is 0 Å². The van der Waals surface area contributed by atoms with Crippen molar-refractivity contribution in [1.29, 1.82) is 0 Å². The van der Waals surface area contributed by atoms with E-state index < -0.39 is 76.0 Å². The molecule has 1 saturated heterocycles. The van der Waals surface area contributed by atoms with Gasteiger partial charge < -0.3 is 35.0 Å². The van der Waals surface area contributed by atoms with Gasteiger partial charge >= 0.3 is 0 Å². The van der Waals surface area contributed by atoms with Crippen LogP contribution in [-0.4, -0.2) is 78.0 Å². The van der Waals surface area contributed by atoms with E-state index in [1.165, 1.54) is 12.1 Å². The fraction of sp³-hybridized carbons (Fsp3) is 0.423. The molecule has 0 bridgehead atoms. The fourth-order valence-corrected chi connectivity index (χ4v) is 6.17. The van der Waals surface area contributed by atoms with Crippen LogP contribution in [0.15, 0.2) is 24.3 Å². The van der Waals surface area contributed by atoms with Gasteiger partial charge in [-0.25, -0.2) is 0 Å². The minimum Gasteiger partial charge on any atom is -0.507 e. The van der Waals surface area contributed by atoms with E-state index in [0.717, 1.165) is 0 Å². The van der Waals surface area contributed by atoms with E-state index in [1.807, 2.05) is 22.6 Å². The van der Waals surface area contributed by atoms with Crippen molar-refractivity contribution in [3.63, 3.8) is 0 Å². The summed E-state index contributed by atoms with van der Waals surface area (Å²) in [4.78, 5) is 39.2.